The molecular formula is C15H18F2N4O3S3. The number of carbonyl (C=O) groups is 1. The van der Waals surface area contributed by atoms with Crippen molar-refractivity contribution in [2.24, 2.45) is 0 Å². The number of aromatic nitrogens is 2. The van der Waals surface area contributed by atoms with Crippen molar-refractivity contribution >= 4 is 49.8 Å². The summed E-state index contributed by atoms with van der Waals surface area (Å²) in [4.78, 5) is 12.5. The second kappa shape index (κ2) is 8.48. The van der Waals surface area contributed by atoms with Crippen LogP contribution in [0.3, 0.4) is 0 Å². The lowest BCUT2D eigenvalue weighted by Crippen LogP contribution is -2.45. The topological polar surface area (TPSA) is 92.3 Å². The van der Waals surface area contributed by atoms with Crippen molar-refractivity contribution in [2.75, 3.05) is 15.9 Å². The number of rotatable bonds is 7. The Bertz CT molecular complexity index is 934. The molecule has 0 saturated carbocycles. The first-order valence-corrected chi connectivity index (χ1v) is 11.3. The van der Waals surface area contributed by atoms with E-state index in [2.05, 4.69) is 15.5 Å². The highest BCUT2D eigenvalue weighted by Gasteiger charge is 2.30. The molecule has 2 rings (SSSR count). The lowest BCUT2D eigenvalue weighted by atomic mass is 10.2. The van der Waals surface area contributed by atoms with Gasteiger partial charge < -0.3 is 0 Å². The van der Waals surface area contributed by atoms with Gasteiger partial charge in [0.25, 0.3) is 0 Å². The van der Waals surface area contributed by atoms with Crippen molar-refractivity contribution in [3.05, 3.63) is 29.8 Å². The average Bonchev–Trinajstić information content (AvgIpc) is 2.95. The van der Waals surface area contributed by atoms with Gasteiger partial charge in [0.05, 0.1) is 11.9 Å². The first-order valence-electron chi connectivity index (χ1n) is 7.74. The number of nitrogens with one attached hydrogen (secondary N) is 1. The highest BCUT2D eigenvalue weighted by atomic mass is 32.2. The zero-order valence-corrected chi connectivity index (χ0v) is 17.4. The first-order chi connectivity index (χ1) is 12.5. The fourth-order valence-electron chi connectivity index (χ4n) is 2.15. The number of halogens is 2. The van der Waals surface area contributed by atoms with Crippen LogP contribution in [0, 0.1) is 11.6 Å². The number of hydrogen-bond acceptors (Lipinski definition) is 7. The van der Waals surface area contributed by atoms with Crippen LogP contribution in [0.5, 0.6) is 0 Å². The Morgan fingerprint density at radius 3 is 2.44 bits per heavy atom. The monoisotopic (exact) mass is 436 g/mol. The molecular weight excluding hydrogens is 418 g/mol. The van der Waals surface area contributed by atoms with Crippen LogP contribution in [0.25, 0.3) is 0 Å². The molecule has 1 atom stereocenters. The molecule has 0 bridgehead atoms. The molecule has 0 aliphatic rings. The molecule has 12 heteroatoms. The summed E-state index contributed by atoms with van der Waals surface area (Å²) in [5, 5.41) is 10.8. The largest absolute Gasteiger partial charge is 0.299 e. The quantitative estimate of drug-likeness (QED) is 0.530. The molecule has 1 amide bonds. The van der Waals surface area contributed by atoms with Gasteiger partial charge in [-0.1, -0.05) is 36.9 Å². The van der Waals surface area contributed by atoms with E-state index >= 15 is 0 Å². The van der Waals surface area contributed by atoms with E-state index in [0.717, 1.165) is 40.1 Å². The number of benzene rings is 1. The summed E-state index contributed by atoms with van der Waals surface area (Å²) in [7, 11) is -3.95. The van der Waals surface area contributed by atoms with Gasteiger partial charge >= 0.3 is 0 Å². The number of nitrogens with zero attached hydrogens (tertiary/aromatic N) is 3. The molecule has 0 saturated heterocycles. The van der Waals surface area contributed by atoms with Crippen LogP contribution in [0.1, 0.15) is 20.8 Å². The summed E-state index contributed by atoms with van der Waals surface area (Å²) in [5.41, 5.74) is -0.160. The minimum absolute atomic E-state index is 0.160. The van der Waals surface area contributed by atoms with E-state index in [1.54, 1.807) is 0 Å². The molecule has 1 heterocycles. The van der Waals surface area contributed by atoms with Gasteiger partial charge in [-0.05, 0) is 19.1 Å². The normalized spacial score (nSPS) is 12.9. The summed E-state index contributed by atoms with van der Waals surface area (Å²) in [6.45, 7) is 5.30. The summed E-state index contributed by atoms with van der Waals surface area (Å²) in [6.07, 6.45) is 0.875. The fourth-order valence-corrected chi connectivity index (χ4v) is 5.30. The number of carbonyl (C=O) groups excluding carboxylic acids is 1. The molecule has 0 radical (unpaired) electrons. The number of anilines is 2. The molecule has 0 aliphatic heterocycles. The Kier molecular flexibility index (Phi) is 6.76. The number of thioether (sulfide) groups is 1. The average molecular weight is 437 g/mol. The smallest absolute Gasteiger partial charge is 0.249 e. The van der Waals surface area contributed by atoms with Crippen LogP contribution < -0.4 is 9.62 Å². The first kappa shape index (κ1) is 21.5. The standard InChI is InChI=1S/C15H18F2N4O3S3/c1-8(2)25-15-20-19-14(26-15)18-13(22)9(3)21(27(4,23)24)10-5-6-11(16)12(17)7-10/h5-9H,1-4H3,(H,18,19,22)/t9-/m0/s1. The lowest BCUT2D eigenvalue weighted by Gasteiger charge is -2.27. The Morgan fingerprint density at radius 1 is 1.22 bits per heavy atom. The molecule has 7 nitrogen and oxygen atoms in total. The van der Waals surface area contributed by atoms with Crippen molar-refractivity contribution in [3.8, 4) is 0 Å². The highest BCUT2D eigenvalue weighted by molar-refractivity contribution is 8.01. The molecule has 1 N–H and O–H groups in total. The number of amides is 1. The van der Waals surface area contributed by atoms with Gasteiger partial charge in [0, 0.05) is 11.3 Å². The maximum absolute atomic E-state index is 13.5. The van der Waals surface area contributed by atoms with Gasteiger partial charge in [-0.2, -0.15) is 0 Å². The Labute approximate surface area is 164 Å². The molecule has 2 aromatic rings. The second-order valence-electron chi connectivity index (χ2n) is 5.86. The van der Waals surface area contributed by atoms with Gasteiger partial charge in [0.15, 0.2) is 16.0 Å². The summed E-state index contributed by atoms with van der Waals surface area (Å²) < 4.78 is 52.4. The van der Waals surface area contributed by atoms with Gasteiger partial charge in [0.2, 0.25) is 21.1 Å². The molecule has 148 valence electrons. The lowest BCUT2D eigenvalue weighted by molar-refractivity contribution is -0.116. The van der Waals surface area contributed by atoms with Crippen molar-refractivity contribution < 1.29 is 22.0 Å². The third-order valence-electron chi connectivity index (χ3n) is 3.22. The van der Waals surface area contributed by atoms with Crippen LogP contribution in [0.15, 0.2) is 22.5 Å². The molecule has 27 heavy (non-hydrogen) atoms. The third kappa shape index (κ3) is 5.59. The van der Waals surface area contributed by atoms with Crippen molar-refractivity contribution in [1.29, 1.82) is 0 Å². The van der Waals surface area contributed by atoms with E-state index in [-0.39, 0.29) is 16.1 Å². The van der Waals surface area contributed by atoms with Crippen LogP contribution in [0.4, 0.5) is 19.6 Å². The van der Waals surface area contributed by atoms with Crippen LogP contribution in [-0.2, 0) is 14.8 Å². The maximum atomic E-state index is 13.5. The predicted octanol–water partition coefficient (Wildman–Crippen LogP) is 3.11. The molecule has 1 aromatic heterocycles. The number of sulfonamides is 1. The third-order valence-corrected chi connectivity index (χ3v) is 6.39. The van der Waals surface area contributed by atoms with Gasteiger partial charge in [-0.15, -0.1) is 10.2 Å². The molecule has 0 unspecified atom stereocenters. The second-order valence-corrected chi connectivity index (χ2v) is 10.5. The van der Waals surface area contributed by atoms with E-state index in [0.29, 0.717) is 4.34 Å². The van der Waals surface area contributed by atoms with E-state index < -0.39 is 33.6 Å². The molecule has 0 aliphatic carbocycles. The van der Waals surface area contributed by atoms with Crippen molar-refractivity contribution in [3.63, 3.8) is 0 Å². The summed E-state index contributed by atoms with van der Waals surface area (Å²) in [6, 6.07) is 1.39. The van der Waals surface area contributed by atoms with E-state index in [9.17, 15) is 22.0 Å². The zero-order valence-electron chi connectivity index (χ0n) is 14.9. The van der Waals surface area contributed by atoms with E-state index in [1.807, 2.05) is 13.8 Å². The highest BCUT2D eigenvalue weighted by Crippen LogP contribution is 2.29. The fraction of sp³-hybridized carbons (Fsp3) is 0.400. The van der Waals surface area contributed by atoms with Gasteiger partial charge in [0.1, 0.15) is 6.04 Å². The van der Waals surface area contributed by atoms with Crippen LogP contribution in [-0.4, -0.2) is 42.1 Å². The molecule has 1 aromatic carbocycles. The molecule has 0 fully saturated rings. The van der Waals surface area contributed by atoms with Crippen LogP contribution >= 0.6 is 23.1 Å². The Hall–Kier alpha value is -1.79. The van der Waals surface area contributed by atoms with Crippen molar-refractivity contribution in [2.45, 2.75) is 36.4 Å². The van der Waals surface area contributed by atoms with E-state index in [1.165, 1.54) is 18.7 Å². The summed E-state index contributed by atoms with van der Waals surface area (Å²) in [5.74, 6) is -3.01. The zero-order chi connectivity index (χ0) is 20.4. The maximum Gasteiger partial charge on any atom is 0.249 e. The Morgan fingerprint density at radius 2 is 1.89 bits per heavy atom. The predicted molar refractivity (Wildman–Crippen MR) is 103 cm³/mol. The minimum atomic E-state index is -3.95. The minimum Gasteiger partial charge on any atom is -0.299 e. The van der Waals surface area contributed by atoms with Crippen molar-refractivity contribution in [1.82, 2.24) is 10.2 Å². The summed E-state index contributed by atoms with van der Waals surface area (Å²) >= 11 is 2.63. The number of hydrogen-bond donors (Lipinski definition) is 1. The molecule has 0 spiro atoms. The van der Waals surface area contributed by atoms with Gasteiger partial charge in [-0.3, -0.25) is 14.4 Å². The SMILES string of the molecule is CC(C)Sc1nnc(NC(=O)[C@H](C)N(c2ccc(F)c(F)c2)S(C)(=O)=O)s1. The van der Waals surface area contributed by atoms with Gasteiger partial charge in [-0.25, -0.2) is 17.2 Å². The van der Waals surface area contributed by atoms with Crippen LogP contribution in [0.2, 0.25) is 0 Å². The Balaban J connectivity index is 2.24. The van der Waals surface area contributed by atoms with E-state index in [4.69, 9.17) is 0 Å².